The van der Waals surface area contributed by atoms with Crippen molar-refractivity contribution < 1.29 is 146 Å². The van der Waals surface area contributed by atoms with Crippen LogP contribution in [0.25, 0.3) is 32.3 Å². The molecule has 4 rings (SSSR count). The van der Waals surface area contributed by atoms with Crippen LogP contribution in [0.15, 0.2) is 56.0 Å². The average Bonchev–Trinajstić information content (AvgIpc) is 2.68. The molecule has 0 bridgehead atoms. The molecule has 0 atom stereocenters. The molecule has 0 amide bonds. The Bertz CT molecular complexity index is 1940. The molecule has 0 heterocycles. The van der Waals surface area contributed by atoms with Crippen molar-refractivity contribution in [3.63, 3.8) is 0 Å². The van der Waals surface area contributed by atoms with Crippen molar-refractivity contribution in [1.29, 1.82) is 0 Å². The molecule has 4 aromatic carbocycles. The van der Waals surface area contributed by atoms with Gasteiger partial charge in [-0.2, -0.15) is 8.42 Å². The summed E-state index contributed by atoms with van der Waals surface area (Å²) in [6.45, 7) is 0. The van der Waals surface area contributed by atoms with Crippen LogP contribution in [0.2, 0.25) is 0 Å². The van der Waals surface area contributed by atoms with Crippen molar-refractivity contribution in [2.75, 3.05) is 0 Å². The largest absolute Gasteiger partial charge is 1.00 e. The molecule has 176 valence electrons. The summed E-state index contributed by atoms with van der Waals surface area (Å²) in [4.78, 5) is -7.36. The fraction of sp³-hybridized carbons (Fsp3) is 0. The molecule has 0 fully saturated rings. The summed E-state index contributed by atoms with van der Waals surface area (Å²) in [5, 5.41) is 6.29. The molecule has 20 heteroatoms. The first-order valence-electron chi connectivity index (χ1n) is 8.23. The second-order valence-electron chi connectivity index (χ2n) is 6.70. The summed E-state index contributed by atoms with van der Waals surface area (Å²) in [5.74, 6) is 0. The molecule has 0 unspecified atom stereocenters. The average molecular weight is 604 g/mol. The maximum Gasteiger partial charge on any atom is 1.00 e. The van der Waals surface area contributed by atoms with Gasteiger partial charge in [-0.25, -0.2) is 30.5 Å². The van der Waals surface area contributed by atoms with E-state index in [9.17, 15) is 47.3 Å². The summed E-state index contributed by atoms with van der Waals surface area (Å²) in [6, 6.07) is 6.85. The van der Waals surface area contributed by atoms with Gasteiger partial charge < -0.3 is 13.7 Å². The van der Waals surface area contributed by atoms with E-state index in [1.165, 1.54) is 24.3 Å². The fourth-order valence-corrected chi connectivity index (χ4v) is 8.21. The summed E-state index contributed by atoms with van der Waals surface area (Å²) in [7, 11) is -23.6. The van der Waals surface area contributed by atoms with E-state index in [2.05, 4.69) is 4.33 Å². The predicted octanol–water partition coefficient (Wildman–Crippen LogP) is -8.51. The minimum atomic E-state index is -6.19. The second kappa shape index (κ2) is 11.2. The van der Waals surface area contributed by atoms with Crippen LogP contribution < -0.4 is 88.7 Å². The SMILES string of the molecule is O=S(=O)([O-])c1c(S(=O)(=O)OO)c2ccc3cccc4cc(S(=O)(=O)[O-])c(c1S(=O)(=O)[O-])c2c34.[Na+].[Na+].[Na+]. The molecule has 0 aliphatic rings. The maximum absolute atomic E-state index is 12.4. The normalized spacial score (nSPS) is 12.8. The van der Waals surface area contributed by atoms with E-state index in [1.807, 2.05) is 0 Å². The molecular formula is C16H7Na3O13S4. The molecule has 0 aliphatic carbocycles. The van der Waals surface area contributed by atoms with E-state index in [-0.39, 0.29) is 105 Å². The smallest absolute Gasteiger partial charge is 0.744 e. The van der Waals surface area contributed by atoms with E-state index in [1.54, 1.807) is 0 Å². The van der Waals surface area contributed by atoms with Gasteiger partial charge in [0.2, 0.25) is 0 Å². The van der Waals surface area contributed by atoms with Crippen molar-refractivity contribution in [1.82, 2.24) is 0 Å². The molecular weight excluding hydrogens is 597 g/mol. The van der Waals surface area contributed by atoms with Crippen molar-refractivity contribution in [2.24, 2.45) is 0 Å². The molecule has 0 saturated heterocycles. The van der Waals surface area contributed by atoms with E-state index < -0.39 is 76.2 Å². The number of hydrogen-bond donors (Lipinski definition) is 1. The Morgan fingerprint density at radius 2 is 1.14 bits per heavy atom. The van der Waals surface area contributed by atoms with E-state index in [4.69, 9.17) is 5.26 Å². The third kappa shape index (κ3) is 5.70. The van der Waals surface area contributed by atoms with Crippen LogP contribution in [0, 0.1) is 0 Å². The fourth-order valence-electron chi connectivity index (χ4n) is 3.83. The van der Waals surface area contributed by atoms with Gasteiger partial charge in [0.05, 0.1) is 14.7 Å². The molecule has 36 heavy (non-hydrogen) atoms. The summed E-state index contributed by atoms with van der Waals surface area (Å²) >= 11 is 0. The zero-order chi connectivity index (χ0) is 24.7. The van der Waals surface area contributed by atoms with Crippen molar-refractivity contribution in [3.8, 4) is 0 Å². The zero-order valence-corrected chi connectivity index (χ0v) is 27.7. The first kappa shape index (κ1) is 34.5. The molecule has 0 spiro atoms. The van der Waals surface area contributed by atoms with Gasteiger partial charge in [0.1, 0.15) is 35.2 Å². The third-order valence-electron chi connectivity index (χ3n) is 4.86. The van der Waals surface area contributed by atoms with Crippen LogP contribution in [0.1, 0.15) is 0 Å². The standard InChI is InChI=1S/C16H10O13S4.3Na/c17-29-33(27,28)14-9-5-4-7-2-1-3-8-6-10(30(18,19)20)13(12(9)11(7)8)15(31(21,22)23)16(14)32(24,25)26;;;/h1-6,17H,(H,18,19,20)(H,21,22,23)(H,24,25,26);;;/q;3*+1/p-3. The Hall–Kier alpha value is 0.520. The molecule has 1 N–H and O–H groups in total. The van der Waals surface area contributed by atoms with Crippen LogP contribution in [0.3, 0.4) is 0 Å². The monoisotopic (exact) mass is 604 g/mol. The third-order valence-corrected chi connectivity index (χ3v) is 8.92. The number of benzene rings is 4. The van der Waals surface area contributed by atoms with Gasteiger partial charge in [-0.05, 0) is 22.2 Å². The van der Waals surface area contributed by atoms with Crippen molar-refractivity contribution in [2.45, 2.75) is 19.6 Å². The Kier molecular flexibility index (Phi) is 10.7. The topological polar surface area (TPSA) is 235 Å². The van der Waals surface area contributed by atoms with Gasteiger partial charge >= 0.3 is 98.8 Å². The predicted molar refractivity (Wildman–Crippen MR) is 105 cm³/mol. The van der Waals surface area contributed by atoms with E-state index in [0.717, 1.165) is 6.07 Å². The molecule has 0 aromatic heterocycles. The Labute approximate surface area is 270 Å². The molecule has 4 aromatic rings. The quantitative estimate of drug-likeness (QED) is 0.0733. The van der Waals surface area contributed by atoms with Crippen molar-refractivity contribution in [3.05, 3.63) is 36.4 Å². The van der Waals surface area contributed by atoms with Gasteiger partial charge in [-0.15, -0.1) is 4.33 Å². The molecule has 0 saturated carbocycles. The van der Waals surface area contributed by atoms with Gasteiger partial charge in [-0.3, -0.25) is 0 Å². The summed E-state index contributed by atoms with van der Waals surface area (Å²) in [5.41, 5.74) is 0. The molecule has 13 nitrogen and oxygen atoms in total. The molecule has 0 aliphatic heterocycles. The maximum atomic E-state index is 12.4. The van der Waals surface area contributed by atoms with Gasteiger partial charge in [-0.1, -0.05) is 30.3 Å². The van der Waals surface area contributed by atoms with E-state index in [0.29, 0.717) is 6.07 Å². The van der Waals surface area contributed by atoms with Crippen molar-refractivity contribution >= 4 is 72.8 Å². The van der Waals surface area contributed by atoms with Crippen LogP contribution in [0.5, 0.6) is 0 Å². The Morgan fingerprint density at radius 1 is 0.611 bits per heavy atom. The van der Waals surface area contributed by atoms with Crippen LogP contribution in [0.4, 0.5) is 0 Å². The van der Waals surface area contributed by atoms with Crippen LogP contribution >= 0.6 is 0 Å². The van der Waals surface area contributed by atoms with Gasteiger partial charge in [0.25, 0.3) is 0 Å². The van der Waals surface area contributed by atoms with Crippen LogP contribution in [-0.2, 0) is 44.8 Å². The summed E-state index contributed by atoms with van der Waals surface area (Å²) < 4.78 is 137. The minimum Gasteiger partial charge on any atom is -0.744 e. The summed E-state index contributed by atoms with van der Waals surface area (Å²) in [6.07, 6.45) is 0. The second-order valence-corrected chi connectivity index (χ2v) is 12.1. The number of rotatable bonds is 5. The van der Waals surface area contributed by atoms with Crippen LogP contribution in [-0.4, -0.2) is 52.6 Å². The zero-order valence-electron chi connectivity index (χ0n) is 18.4. The van der Waals surface area contributed by atoms with E-state index >= 15 is 0 Å². The Balaban J connectivity index is 0.00000216. The molecule has 0 radical (unpaired) electrons. The Morgan fingerprint density at radius 3 is 1.61 bits per heavy atom. The minimum absolute atomic E-state index is 0. The van der Waals surface area contributed by atoms with Gasteiger partial charge in [0, 0.05) is 16.2 Å². The first-order valence-corrected chi connectivity index (χ1v) is 13.9. The first-order chi connectivity index (χ1) is 15.0. The number of hydrogen-bond acceptors (Lipinski definition) is 13. The van der Waals surface area contributed by atoms with Gasteiger partial charge in [0.15, 0.2) is 0 Å².